The van der Waals surface area contributed by atoms with Gasteiger partial charge in [-0.3, -0.25) is 0 Å². The summed E-state index contributed by atoms with van der Waals surface area (Å²) in [7, 11) is 0. The van der Waals surface area contributed by atoms with Gasteiger partial charge in [-0.15, -0.1) is 0 Å². The van der Waals surface area contributed by atoms with Crippen LogP contribution in [0.15, 0.2) is 18.2 Å². The maximum absolute atomic E-state index is 6.11. The first-order valence-corrected chi connectivity index (χ1v) is 7.68. The fraction of sp³-hybridized carbons (Fsp3) is 0.625. The van der Waals surface area contributed by atoms with Gasteiger partial charge in [0, 0.05) is 11.1 Å². The summed E-state index contributed by atoms with van der Waals surface area (Å²) in [6, 6.07) is 6.31. The molecule has 2 unspecified atom stereocenters. The first-order chi connectivity index (χ1) is 9.11. The number of nitrogens with one attached hydrogen (secondary N) is 1. The molecule has 106 valence electrons. The van der Waals surface area contributed by atoms with Crippen LogP contribution in [0.1, 0.15) is 40.0 Å². The van der Waals surface area contributed by atoms with Gasteiger partial charge >= 0.3 is 0 Å². The van der Waals surface area contributed by atoms with Crippen LogP contribution < -0.4 is 10.1 Å². The normalized spacial score (nSPS) is 27.1. The zero-order valence-corrected chi connectivity index (χ0v) is 12.8. The summed E-state index contributed by atoms with van der Waals surface area (Å²) in [5.41, 5.74) is 1.03. The molecule has 1 aliphatic carbocycles. The van der Waals surface area contributed by atoms with Crippen molar-refractivity contribution < 1.29 is 4.74 Å². The summed E-state index contributed by atoms with van der Waals surface area (Å²) in [6.07, 6.45) is 3.94. The van der Waals surface area contributed by atoms with Crippen molar-refractivity contribution in [2.24, 2.45) is 11.8 Å². The summed E-state index contributed by atoms with van der Waals surface area (Å²) in [5, 5.41) is 4.42. The minimum Gasteiger partial charge on any atom is -0.492 e. The maximum atomic E-state index is 6.11. The lowest BCUT2D eigenvalue weighted by Gasteiger charge is -2.36. The van der Waals surface area contributed by atoms with Gasteiger partial charge in [0.1, 0.15) is 5.75 Å². The number of hydrogen-bond acceptors (Lipinski definition) is 2. The van der Waals surface area contributed by atoms with E-state index in [9.17, 15) is 0 Å². The van der Waals surface area contributed by atoms with Gasteiger partial charge in [0.25, 0.3) is 0 Å². The lowest BCUT2D eigenvalue weighted by molar-refractivity contribution is 0.267. The Morgan fingerprint density at radius 1 is 1.26 bits per heavy atom. The van der Waals surface area contributed by atoms with Crippen LogP contribution in [0.3, 0.4) is 0 Å². The Balaban J connectivity index is 2.18. The monoisotopic (exact) mass is 281 g/mol. The van der Waals surface area contributed by atoms with E-state index in [1.165, 1.54) is 19.3 Å². The van der Waals surface area contributed by atoms with Gasteiger partial charge in [-0.05, 0) is 49.8 Å². The van der Waals surface area contributed by atoms with E-state index >= 15 is 0 Å². The highest BCUT2D eigenvalue weighted by Gasteiger charge is 2.28. The number of ether oxygens (including phenoxy) is 1. The van der Waals surface area contributed by atoms with E-state index in [2.05, 4.69) is 19.2 Å². The molecule has 0 aliphatic heterocycles. The minimum absolute atomic E-state index is 0.506. The molecule has 0 bridgehead atoms. The van der Waals surface area contributed by atoms with Crippen molar-refractivity contribution in [1.29, 1.82) is 0 Å². The molecule has 2 nitrogen and oxygen atoms in total. The van der Waals surface area contributed by atoms with Gasteiger partial charge in [0.2, 0.25) is 0 Å². The number of halogens is 1. The Bertz CT molecular complexity index is 411. The second kappa shape index (κ2) is 6.51. The highest BCUT2D eigenvalue weighted by molar-refractivity contribution is 6.30. The molecule has 1 fully saturated rings. The summed E-state index contributed by atoms with van der Waals surface area (Å²) in [6.45, 7) is 7.34. The molecular weight excluding hydrogens is 258 g/mol. The third kappa shape index (κ3) is 3.56. The molecule has 0 spiro atoms. The van der Waals surface area contributed by atoms with Crippen LogP contribution in [0.4, 0.5) is 5.69 Å². The zero-order valence-electron chi connectivity index (χ0n) is 12.1. The van der Waals surface area contributed by atoms with Gasteiger partial charge < -0.3 is 10.1 Å². The van der Waals surface area contributed by atoms with Gasteiger partial charge in [0.15, 0.2) is 0 Å². The Morgan fingerprint density at radius 3 is 2.58 bits per heavy atom. The van der Waals surface area contributed by atoms with Gasteiger partial charge in [-0.2, -0.15) is 0 Å². The molecule has 1 aliphatic rings. The van der Waals surface area contributed by atoms with E-state index in [0.717, 1.165) is 16.5 Å². The average molecular weight is 282 g/mol. The van der Waals surface area contributed by atoms with E-state index < -0.39 is 0 Å². The van der Waals surface area contributed by atoms with Crippen LogP contribution in [-0.2, 0) is 0 Å². The van der Waals surface area contributed by atoms with Gasteiger partial charge in [-0.1, -0.05) is 31.9 Å². The van der Waals surface area contributed by atoms with Crippen molar-refractivity contribution in [2.75, 3.05) is 11.9 Å². The maximum Gasteiger partial charge on any atom is 0.142 e. The van der Waals surface area contributed by atoms with E-state index in [1.54, 1.807) is 0 Å². The van der Waals surface area contributed by atoms with Gasteiger partial charge in [0.05, 0.1) is 12.3 Å². The second-order valence-electron chi connectivity index (χ2n) is 5.63. The average Bonchev–Trinajstić information content (AvgIpc) is 2.37. The third-order valence-electron chi connectivity index (χ3n) is 4.11. The van der Waals surface area contributed by atoms with Crippen LogP contribution in [-0.4, -0.2) is 12.6 Å². The predicted molar refractivity (Wildman–Crippen MR) is 82.2 cm³/mol. The van der Waals surface area contributed by atoms with E-state index in [4.69, 9.17) is 16.3 Å². The van der Waals surface area contributed by atoms with E-state index in [-0.39, 0.29) is 0 Å². The third-order valence-corrected chi connectivity index (χ3v) is 4.34. The van der Waals surface area contributed by atoms with Crippen LogP contribution in [0.5, 0.6) is 5.75 Å². The summed E-state index contributed by atoms with van der Waals surface area (Å²) < 4.78 is 5.68. The lowest BCUT2D eigenvalue weighted by atomic mass is 9.78. The van der Waals surface area contributed by atoms with Crippen molar-refractivity contribution in [3.05, 3.63) is 23.2 Å². The summed E-state index contributed by atoms with van der Waals surface area (Å²) in [4.78, 5) is 0. The number of anilines is 1. The molecule has 1 aromatic carbocycles. The van der Waals surface area contributed by atoms with E-state index in [1.807, 2.05) is 25.1 Å². The van der Waals surface area contributed by atoms with Crippen molar-refractivity contribution in [3.63, 3.8) is 0 Å². The van der Waals surface area contributed by atoms with Crippen molar-refractivity contribution in [1.82, 2.24) is 0 Å². The topological polar surface area (TPSA) is 21.3 Å². The largest absolute Gasteiger partial charge is 0.492 e. The van der Waals surface area contributed by atoms with Crippen LogP contribution in [0.2, 0.25) is 5.02 Å². The Morgan fingerprint density at radius 2 is 1.95 bits per heavy atom. The molecule has 0 saturated heterocycles. The van der Waals surface area contributed by atoms with Crippen molar-refractivity contribution in [3.8, 4) is 5.75 Å². The fourth-order valence-corrected chi connectivity index (χ4v) is 3.21. The second-order valence-corrected chi connectivity index (χ2v) is 6.07. The summed E-state index contributed by atoms with van der Waals surface area (Å²) in [5.74, 6) is 2.28. The molecule has 2 atom stereocenters. The molecule has 1 N–H and O–H groups in total. The molecule has 0 radical (unpaired) electrons. The standard InChI is InChI=1S/C16H24ClNO/c1-4-19-15-9-8-13(17)10-14(15)18-16-11(2)6-5-7-12(16)3/h8-12,16,18H,4-7H2,1-3H3. The van der Waals surface area contributed by atoms with Gasteiger partial charge in [-0.25, -0.2) is 0 Å². The molecule has 0 aromatic heterocycles. The van der Waals surface area contributed by atoms with Crippen LogP contribution in [0, 0.1) is 11.8 Å². The SMILES string of the molecule is CCOc1ccc(Cl)cc1NC1C(C)CCCC1C. The van der Waals surface area contributed by atoms with Crippen LogP contribution in [0.25, 0.3) is 0 Å². The molecule has 3 heteroatoms. The Kier molecular flexibility index (Phi) is 4.98. The van der Waals surface area contributed by atoms with Crippen molar-refractivity contribution >= 4 is 17.3 Å². The number of benzene rings is 1. The molecule has 1 aromatic rings. The molecule has 19 heavy (non-hydrogen) atoms. The highest BCUT2D eigenvalue weighted by atomic mass is 35.5. The molecular formula is C16H24ClNO. The molecule has 1 saturated carbocycles. The Labute approximate surface area is 121 Å². The first kappa shape index (κ1) is 14.5. The Hall–Kier alpha value is -0.890. The van der Waals surface area contributed by atoms with Crippen molar-refractivity contribution in [2.45, 2.75) is 46.1 Å². The number of hydrogen-bond donors (Lipinski definition) is 1. The zero-order chi connectivity index (χ0) is 13.8. The van der Waals surface area contributed by atoms with E-state index in [0.29, 0.717) is 24.5 Å². The number of rotatable bonds is 4. The molecule has 0 amide bonds. The quantitative estimate of drug-likeness (QED) is 0.841. The minimum atomic E-state index is 0.506. The fourth-order valence-electron chi connectivity index (χ4n) is 3.04. The molecule has 0 heterocycles. The predicted octanol–water partition coefficient (Wildman–Crippen LogP) is 4.98. The smallest absolute Gasteiger partial charge is 0.142 e. The molecule has 2 rings (SSSR count). The lowest BCUT2D eigenvalue weighted by Crippen LogP contribution is -2.37. The highest BCUT2D eigenvalue weighted by Crippen LogP contribution is 2.35. The van der Waals surface area contributed by atoms with Crippen LogP contribution >= 0.6 is 11.6 Å². The summed E-state index contributed by atoms with van der Waals surface area (Å²) >= 11 is 6.11. The first-order valence-electron chi connectivity index (χ1n) is 7.30.